The lowest BCUT2D eigenvalue weighted by Gasteiger charge is -2.18. The summed E-state index contributed by atoms with van der Waals surface area (Å²) in [6, 6.07) is 0. The minimum absolute atomic E-state index is 0.0819. The molecule has 0 N–H and O–H groups in total. The maximum Gasteiger partial charge on any atom is 0.306 e. The average Bonchev–Trinajstić information content (AvgIpc) is 3.49. The van der Waals surface area contributed by atoms with Gasteiger partial charge in [0.25, 0.3) is 0 Å². The smallest absolute Gasteiger partial charge is 0.306 e. The molecule has 0 radical (unpaired) electrons. The van der Waals surface area contributed by atoms with E-state index in [9.17, 15) is 14.4 Å². The average molecular weight is 1150 g/mol. The van der Waals surface area contributed by atoms with E-state index in [0.717, 1.165) is 122 Å². The molecule has 0 saturated carbocycles. The number of carbonyl (C=O) groups is 3. The van der Waals surface area contributed by atoms with E-state index in [1.54, 1.807) is 0 Å². The fourth-order valence-corrected chi connectivity index (χ4v) is 9.99. The van der Waals surface area contributed by atoms with Crippen molar-refractivity contribution < 1.29 is 28.6 Å². The maximum atomic E-state index is 13.0. The third-order valence-electron chi connectivity index (χ3n) is 15.3. The number of rotatable bonds is 64. The number of unbranched alkanes of at least 4 members (excludes halogenated alkanes) is 35. The fraction of sp³-hybridized carbons (Fsp3) is 0.727. The predicted octanol–water partition coefficient (Wildman–Crippen LogP) is 24.6. The topological polar surface area (TPSA) is 78.9 Å². The highest BCUT2D eigenvalue weighted by molar-refractivity contribution is 5.71. The van der Waals surface area contributed by atoms with Crippen LogP contribution in [0.4, 0.5) is 0 Å². The molecule has 0 aromatic carbocycles. The normalized spacial score (nSPS) is 12.8. The van der Waals surface area contributed by atoms with Gasteiger partial charge in [-0.15, -0.1) is 0 Å². The Labute approximate surface area is 514 Å². The molecule has 0 saturated heterocycles. The van der Waals surface area contributed by atoms with Crippen LogP contribution in [0.2, 0.25) is 0 Å². The van der Waals surface area contributed by atoms with Crippen molar-refractivity contribution in [3.05, 3.63) is 109 Å². The van der Waals surface area contributed by atoms with E-state index in [1.807, 2.05) is 0 Å². The van der Waals surface area contributed by atoms with E-state index in [1.165, 1.54) is 180 Å². The number of esters is 3. The van der Waals surface area contributed by atoms with Gasteiger partial charge in [-0.2, -0.15) is 0 Å². The second kappa shape index (κ2) is 70.6. The van der Waals surface area contributed by atoms with Gasteiger partial charge in [-0.05, 0) is 109 Å². The Kier molecular flexibility index (Phi) is 67.2. The van der Waals surface area contributed by atoms with Crippen molar-refractivity contribution in [3.8, 4) is 0 Å². The molecule has 1 unspecified atom stereocenters. The van der Waals surface area contributed by atoms with Gasteiger partial charge in [0, 0.05) is 19.3 Å². The van der Waals surface area contributed by atoms with Gasteiger partial charge in [0.2, 0.25) is 0 Å². The molecule has 0 aromatic rings. The highest BCUT2D eigenvalue weighted by atomic mass is 16.6. The van der Waals surface area contributed by atoms with Crippen LogP contribution in [0.15, 0.2) is 109 Å². The molecule has 0 aliphatic heterocycles. The highest BCUT2D eigenvalue weighted by Gasteiger charge is 2.19. The molecule has 0 heterocycles. The first-order valence-electron chi connectivity index (χ1n) is 35.4. The summed E-state index contributed by atoms with van der Waals surface area (Å²) in [7, 11) is 0. The van der Waals surface area contributed by atoms with Crippen LogP contribution in [0.25, 0.3) is 0 Å². The van der Waals surface area contributed by atoms with Crippen LogP contribution in [-0.2, 0) is 28.6 Å². The van der Waals surface area contributed by atoms with E-state index in [0.29, 0.717) is 19.3 Å². The highest BCUT2D eigenvalue weighted by Crippen LogP contribution is 2.17. The van der Waals surface area contributed by atoms with E-state index in [-0.39, 0.29) is 31.1 Å². The summed E-state index contributed by atoms with van der Waals surface area (Å²) in [4.78, 5) is 38.5. The monoisotopic (exact) mass is 1150 g/mol. The minimum atomic E-state index is -0.789. The molecule has 0 amide bonds. The molecule has 0 rings (SSSR count). The summed E-state index contributed by atoms with van der Waals surface area (Å²) in [5.41, 5.74) is 0. The van der Waals surface area contributed by atoms with Crippen molar-refractivity contribution in [2.75, 3.05) is 13.2 Å². The maximum absolute atomic E-state index is 13.0. The molecule has 83 heavy (non-hydrogen) atoms. The van der Waals surface area contributed by atoms with Gasteiger partial charge in [-0.1, -0.05) is 323 Å². The zero-order valence-electron chi connectivity index (χ0n) is 54.7. The molecule has 0 bridgehead atoms. The largest absolute Gasteiger partial charge is 0.462 e. The molecular formula is C77H132O6. The lowest BCUT2D eigenvalue weighted by Crippen LogP contribution is -2.30. The van der Waals surface area contributed by atoms with Crippen molar-refractivity contribution >= 4 is 17.9 Å². The van der Waals surface area contributed by atoms with E-state index in [4.69, 9.17) is 14.2 Å². The minimum Gasteiger partial charge on any atom is -0.462 e. The second-order valence-corrected chi connectivity index (χ2v) is 23.4. The summed E-state index contributed by atoms with van der Waals surface area (Å²) < 4.78 is 17.0. The lowest BCUT2D eigenvalue weighted by molar-refractivity contribution is -0.167. The van der Waals surface area contributed by atoms with E-state index in [2.05, 4.69) is 130 Å². The van der Waals surface area contributed by atoms with Gasteiger partial charge in [0.05, 0.1) is 0 Å². The van der Waals surface area contributed by atoms with Gasteiger partial charge in [0.1, 0.15) is 13.2 Å². The molecule has 476 valence electrons. The molecular weight excluding hydrogens is 1020 g/mol. The third-order valence-corrected chi connectivity index (χ3v) is 15.3. The molecule has 6 heteroatoms. The number of hydrogen-bond acceptors (Lipinski definition) is 6. The fourth-order valence-electron chi connectivity index (χ4n) is 9.99. The van der Waals surface area contributed by atoms with Crippen molar-refractivity contribution in [2.45, 2.75) is 348 Å². The molecule has 6 nitrogen and oxygen atoms in total. The molecule has 0 spiro atoms. The Morgan fingerprint density at radius 2 is 0.470 bits per heavy atom. The first-order valence-corrected chi connectivity index (χ1v) is 35.4. The lowest BCUT2D eigenvalue weighted by atomic mass is 10.0. The van der Waals surface area contributed by atoms with Gasteiger partial charge in [-0.25, -0.2) is 0 Å². The van der Waals surface area contributed by atoms with Crippen LogP contribution in [0.1, 0.15) is 342 Å². The Morgan fingerprint density at radius 1 is 0.253 bits per heavy atom. The van der Waals surface area contributed by atoms with E-state index >= 15 is 0 Å². The summed E-state index contributed by atoms with van der Waals surface area (Å²) in [6.07, 6.45) is 96.7. The van der Waals surface area contributed by atoms with Crippen molar-refractivity contribution in [1.29, 1.82) is 0 Å². The van der Waals surface area contributed by atoms with Crippen LogP contribution in [0, 0.1) is 0 Å². The molecule has 1 atom stereocenters. The van der Waals surface area contributed by atoms with Crippen molar-refractivity contribution in [1.82, 2.24) is 0 Å². The van der Waals surface area contributed by atoms with Crippen LogP contribution in [0.3, 0.4) is 0 Å². The third kappa shape index (κ3) is 68.7. The van der Waals surface area contributed by atoms with Crippen LogP contribution < -0.4 is 0 Å². The molecule has 0 aliphatic rings. The van der Waals surface area contributed by atoms with Crippen LogP contribution in [-0.4, -0.2) is 37.2 Å². The van der Waals surface area contributed by atoms with E-state index < -0.39 is 6.10 Å². The first-order chi connectivity index (χ1) is 41.0. The standard InChI is InChI=1S/C77H132O6/c1-4-7-10-13-16-19-22-25-28-30-32-34-35-36-37-38-39-40-41-43-44-46-49-52-55-58-61-64-67-70-76(79)82-73-74(72-81-75(78)69-66-63-60-57-54-51-48-27-24-21-18-15-12-9-6-3)83-77(80)71-68-65-62-59-56-53-50-47-45-42-33-31-29-26-23-20-17-14-11-8-5-2/h7,10,16,19,23,25-26,28,31-34,36-37,39-40,45,47,74H,4-6,8-9,11-15,17-18,20-22,24,27,29-30,35,38,41-44,46,48-73H2,1-3H3/b10-7-,19-16-,26-23-,28-25-,33-31-,34-32-,37-36-,40-39-,47-45-. The Bertz CT molecular complexity index is 1660. The number of allylic oxidation sites excluding steroid dienone is 18. The van der Waals surface area contributed by atoms with Crippen LogP contribution >= 0.6 is 0 Å². The predicted molar refractivity (Wildman–Crippen MR) is 362 cm³/mol. The summed E-state index contributed by atoms with van der Waals surface area (Å²) in [5.74, 6) is -0.884. The van der Waals surface area contributed by atoms with Gasteiger partial charge < -0.3 is 14.2 Å². The zero-order chi connectivity index (χ0) is 59.9. The van der Waals surface area contributed by atoms with Crippen LogP contribution in [0.5, 0.6) is 0 Å². The summed E-state index contributed by atoms with van der Waals surface area (Å²) in [6.45, 7) is 6.54. The molecule has 0 fully saturated rings. The van der Waals surface area contributed by atoms with Crippen molar-refractivity contribution in [3.63, 3.8) is 0 Å². The zero-order valence-corrected chi connectivity index (χ0v) is 54.7. The molecule has 0 aliphatic carbocycles. The van der Waals surface area contributed by atoms with Crippen molar-refractivity contribution in [2.24, 2.45) is 0 Å². The van der Waals surface area contributed by atoms with Gasteiger partial charge in [-0.3, -0.25) is 14.4 Å². The Morgan fingerprint density at radius 3 is 0.735 bits per heavy atom. The van der Waals surface area contributed by atoms with Gasteiger partial charge >= 0.3 is 17.9 Å². The first kappa shape index (κ1) is 79.1. The number of carbonyl (C=O) groups excluding carboxylic acids is 3. The number of ether oxygens (including phenoxy) is 3. The van der Waals surface area contributed by atoms with Gasteiger partial charge in [0.15, 0.2) is 6.10 Å². The Hall–Kier alpha value is -3.93. The number of hydrogen-bond donors (Lipinski definition) is 0. The SMILES string of the molecule is CC/C=C\C/C=C\C/C=C\C/C=C\C/C=C\C/C=C\CCCCCCCCCCCCC(=O)OCC(COC(=O)CCCCCCCCCCCCCCCCC)OC(=O)CCCCCCCC/C=C\C/C=C\C/C=C\CCCCCCC. The molecule has 0 aromatic heterocycles. The summed E-state index contributed by atoms with van der Waals surface area (Å²) in [5, 5.41) is 0. The quantitative estimate of drug-likeness (QED) is 0.0261. The second-order valence-electron chi connectivity index (χ2n) is 23.4. The summed E-state index contributed by atoms with van der Waals surface area (Å²) >= 11 is 0. The Balaban J connectivity index is 4.35.